The van der Waals surface area contributed by atoms with Crippen LogP contribution in [-0.2, 0) is 27.4 Å². The number of rotatable bonds is 6. The van der Waals surface area contributed by atoms with Gasteiger partial charge in [-0.1, -0.05) is 68.4 Å². The Morgan fingerprint density at radius 3 is 2.53 bits per heavy atom. The second-order valence-corrected chi connectivity index (χ2v) is 9.96. The van der Waals surface area contributed by atoms with Crippen LogP contribution in [0.2, 0.25) is 0 Å². The third-order valence-corrected chi connectivity index (χ3v) is 7.12. The minimum atomic E-state index is -0.839. The van der Waals surface area contributed by atoms with Gasteiger partial charge in [0.2, 0.25) is 11.8 Å². The summed E-state index contributed by atoms with van der Waals surface area (Å²) in [7, 11) is 0. The number of fused-ring (bicyclic) bond motifs is 1. The summed E-state index contributed by atoms with van der Waals surface area (Å²) in [5.74, 6) is -0.617. The molecule has 2 aromatic carbocycles. The van der Waals surface area contributed by atoms with Gasteiger partial charge < -0.3 is 25.6 Å². The Kier molecular flexibility index (Phi) is 8.25. The first kappa shape index (κ1) is 25.7. The van der Waals surface area contributed by atoms with Crippen molar-refractivity contribution in [2.45, 2.75) is 57.8 Å². The number of carbonyl (C=O) groups is 3. The van der Waals surface area contributed by atoms with Crippen LogP contribution in [0.15, 0.2) is 54.6 Å². The van der Waals surface area contributed by atoms with E-state index in [0.29, 0.717) is 0 Å². The molecule has 3 atom stereocenters. The van der Waals surface area contributed by atoms with Gasteiger partial charge in [0.05, 0.1) is 18.6 Å². The molecular formula is C28H36N4O4. The van der Waals surface area contributed by atoms with Gasteiger partial charge in [0.15, 0.2) is 0 Å². The van der Waals surface area contributed by atoms with E-state index in [0.717, 1.165) is 30.4 Å². The lowest BCUT2D eigenvalue weighted by Crippen LogP contribution is -2.64. The molecule has 1 unspecified atom stereocenters. The van der Waals surface area contributed by atoms with Gasteiger partial charge >= 0.3 is 6.09 Å². The van der Waals surface area contributed by atoms with Crippen LogP contribution in [0.25, 0.3) is 0 Å². The fourth-order valence-electron chi connectivity index (χ4n) is 4.90. The maximum atomic E-state index is 13.6. The highest BCUT2D eigenvalue weighted by Gasteiger charge is 2.40. The molecule has 1 saturated heterocycles. The Hall–Kier alpha value is -3.39. The predicted molar refractivity (Wildman–Crippen MR) is 137 cm³/mol. The first-order valence-electron chi connectivity index (χ1n) is 12.7. The Bertz CT molecular complexity index is 1070. The van der Waals surface area contributed by atoms with Gasteiger partial charge in [-0.3, -0.25) is 9.59 Å². The average molecular weight is 493 g/mol. The Morgan fingerprint density at radius 2 is 1.78 bits per heavy atom. The summed E-state index contributed by atoms with van der Waals surface area (Å²) >= 11 is 0. The summed E-state index contributed by atoms with van der Waals surface area (Å²) in [6.07, 6.45) is 2.30. The van der Waals surface area contributed by atoms with E-state index < -0.39 is 18.2 Å². The van der Waals surface area contributed by atoms with Crippen molar-refractivity contribution < 1.29 is 19.1 Å². The third-order valence-electron chi connectivity index (χ3n) is 7.12. The average Bonchev–Trinajstić information content (AvgIpc) is 2.91. The van der Waals surface area contributed by atoms with Gasteiger partial charge in [-0.25, -0.2) is 4.79 Å². The molecule has 0 saturated carbocycles. The highest BCUT2D eigenvalue weighted by atomic mass is 16.6. The summed E-state index contributed by atoms with van der Waals surface area (Å²) in [6.45, 7) is 4.47. The molecule has 8 heteroatoms. The molecular weight excluding hydrogens is 456 g/mol. The first-order valence-corrected chi connectivity index (χ1v) is 12.7. The van der Waals surface area contributed by atoms with Crippen LogP contribution < -0.4 is 11.1 Å². The van der Waals surface area contributed by atoms with Crippen molar-refractivity contribution in [1.29, 1.82) is 0 Å². The number of aryl methyl sites for hydroxylation is 1. The summed E-state index contributed by atoms with van der Waals surface area (Å²) in [5.41, 5.74) is 9.41. The molecule has 3 N–H and O–H groups in total. The molecule has 1 aliphatic carbocycles. The molecule has 192 valence electrons. The van der Waals surface area contributed by atoms with E-state index in [1.165, 1.54) is 15.4 Å². The second kappa shape index (κ2) is 11.6. The number of piperazine rings is 1. The number of benzene rings is 2. The molecule has 0 bridgehead atoms. The van der Waals surface area contributed by atoms with E-state index in [4.69, 9.17) is 10.5 Å². The molecule has 2 aliphatic rings. The van der Waals surface area contributed by atoms with E-state index in [1.54, 1.807) is 0 Å². The van der Waals surface area contributed by atoms with Gasteiger partial charge in [0.1, 0.15) is 12.6 Å². The van der Waals surface area contributed by atoms with Crippen LogP contribution in [0, 0.1) is 5.92 Å². The molecule has 1 aliphatic heterocycles. The van der Waals surface area contributed by atoms with E-state index >= 15 is 0 Å². The zero-order valence-electron chi connectivity index (χ0n) is 21.1. The van der Waals surface area contributed by atoms with Crippen LogP contribution in [0.5, 0.6) is 0 Å². The number of carbonyl (C=O) groups excluding carboxylic acids is 3. The van der Waals surface area contributed by atoms with Crippen molar-refractivity contribution in [3.63, 3.8) is 0 Å². The second-order valence-electron chi connectivity index (χ2n) is 9.96. The number of nitrogens with zero attached hydrogens (tertiary/aromatic N) is 2. The van der Waals surface area contributed by atoms with Gasteiger partial charge in [-0.05, 0) is 41.9 Å². The first-order chi connectivity index (χ1) is 17.3. The van der Waals surface area contributed by atoms with Crippen molar-refractivity contribution in [2.24, 2.45) is 11.7 Å². The van der Waals surface area contributed by atoms with Crippen LogP contribution in [0.3, 0.4) is 0 Å². The molecule has 8 nitrogen and oxygen atoms in total. The van der Waals surface area contributed by atoms with Crippen LogP contribution in [0.1, 0.15) is 49.4 Å². The lowest BCUT2D eigenvalue weighted by atomic mass is 9.87. The number of hydrogen-bond acceptors (Lipinski definition) is 5. The van der Waals surface area contributed by atoms with Crippen molar-refractivity contribution >= 4 is 17.9 Å². The third kappa shape index (κ3) is 5.87. The molecule has 0 aromatic heterocycles. The molecule has 3 amide bonds. The lowest BCUT2D eigenvalue weighted by Gasteiger charge is -2.42. The lowest BCUT2D eigenvalue weighted by molar-refractivity contribution is -0.145. The normalized spacial score (nSPS) is 20.4. The number of nitrogens with one attached hydrogen (secondary N) is 1. The molecule has 36 heavy (non-hydrogen) atoms. The molecule has 1 fully saturated rings. The number of hydrogen-bond donors (Lipinski definition) is 2. The quantitative estimate of drug-likeness (QED) is 0.645. The van der Waals surface area contributed by atoms with E-state index in [-0.39, 0.29) is 50.0 Å². The summed E-state index contributed by atoms with van der Waals surface area (Å²) in [5, 5.41) is 3.16. The molecule has 2 aromatic rings. The van der Waals surface area contributed by atoms with Crippen molar-refractivity contribution in [3.05, 3.63) is 71.3 Å². The zero-order valence-corrected chi connectivity index (χ0v) is 21.1. The minimum Gasteiger partial charge on any atom is -0.445 e. The largest absolute Gasteiger partial charge is 0.445 e. The summed E-state index contributed by atoms with van der Waals surface area (Å²) in [6, 6.07) is 15.9. The van der Waals surface area contributed by atoms with E-state index in [1.807, 2.05) is 62.4 Å². The smallest absolute Gasteiger partial charge is 0.410 e. The Morgan fingerprint density at radius 1 is 1.06 bits per heavy atom. The summed E-state index contributed by atoms with van der Waals surface area (Å²) in [4.78, 5) is 42.7. The number of ether oxygens (including phenoxy) is 1. The molecule has 1 heterocycles. The Labute approximate surface area is 212 Å². The predicted octanol–water partition coefficient (Wildman–Crippen LogP) is 3.01. The number of nitrogens with two attached hydrogens (primary N) is 1. The maximum Gasteiger partial charge on any atom is 0.410 e. The fourth-order valence-corrected chi connectivity index (χ4v) is 4.90. The van der Waals surface area contributed by atoms with Gasteiger partial charge in [-0.2, -0.15) is 0 Å². The highest BCUT2D eigenvalue weighted by Crippen LogP contribution is 2.30. The van der Waals surface area contributed by atoms with Crippen molar-refractivity contribution in [3.8, 4) is 0 Å². The zero-order chi connectivity index (χ0) is 25.7. The van der Waals surface area contributed by atoms with E-state index in [9.17, 15) is 14.4 Å². The van der Waals surface area contributed by atoms with Gasteiger partial charge in [0.25, 0.3) is 0 Å². The molecule has 0 radical (unpaired) electrons. The van der Waals surface area contributed by atoms with Gasteiger partial charge in [0, 0.05) is 13.1 Å². The number of amides is 3. The topological polar surface area (TPSA) is 105 Å². The fraction of sp³-hybridized carbons (Fsp3) is 0.464. The standard InChI is InChI=1S/C28H36N4O4/c1-19(2)25(29)27(34)32-16-15-31(28(35)36-18-20-9-4-3-5-10-20)17-24(32)26(33)30-23-14-8-12-21-11-6-7-13-22(21)23/h3-7,9-11,13,19,23-25H,8,12,14-18,29H2,1-2H3,(H,30,33)/t23?,24-,25-/m0/s1. The van der Waals surface area contributed by atoms with E-state index in [2.05, 4.69) is 11.4 Å². The van der Waals surface area contributed by atoms with Crippen molar-refractivity contribution in [1.82, 2.24) is 15.1 Å². The SMILES string of the molecule is CC(C)[C@H](N)C(=O)N1CCN(C(=O)OCc2ccccc2)C[C@H]1C(=O)NC1CCCc2ccccc21. The Balaban J connectivity index is 1.49. The van der Waals surface area contributed by atoms with Crippen LogP contribution in [0.4, 0.5) is 4.79 Å². The van der Waals surface area contributed by atoms with Crippen LogP contribution in [-0.4, -0.2) is 59.4 Å². The van der Waals surface area contributed by atoms with Crippen LogP contribution >= 0.6 is 0 Å². The molecule has 0 spiro atoms. The minimum absolute atomic E-state index is 0.0599. The molecule has 4 rings (SSSR count). The van der Waals surface area contributed by atoms with Crippen molar-refractivity contribution in [2.75, 3.05) is 19.6 Å². The van der Waals surface area contributed by atoms with Gasteiger partial charge in [-0.15, -0.1) is 0 Å². The maximum absolute atomic E-state index is 13.6. The highest BCUT2D eigenvalue weighted by molar-refractivity contribution is 5.91. The monoisotopic (exact) mass is 492 g/mol. The summed E-state index contributed by atoms with van der Waals surface area (Å²) < 4.78 is 5.50.